The number of oxazole rings is 1. The van der Waals surface area contributed by atoms with Crippen molar-refractivity contribution in [2.24, 2.45) is 0 Å². The number of fused-ring (bicyclic) bond motifs is 1. The molecule has 0 saturated heterocycles. The molecule has 1 aliphatic rings. The Morgan fingerprint density at radius 3 is 3.00 bits per heavy atom. The molecule has 1 aromatic carbocycles. The second kappa shape index (κ2) is 5.95. The maximum absolute atomic E-state index is 5.97. The van der Waals surface area contributed by atoms with Crippen LogP contribution in [0.25, 0.3) is 11.6 Å². The maximum atomic E-state index is 5.97. The Balaban J connectivity index is 1.65. The van der Waals surface area contributed by atoms with Gasteiger partial charge in [-0.1, -0.05) is 29.8 Å². The van der Waals surface area contributed by atoms with Crippen molar-refractivity contribution in [3.63, 3.8) is 0 Å². The molecule has 0 radical (unpaired) electrons. The molecule has 2 heterocycles. The summed E-state index contributed by atoms with van der Waals surface area (Å²) in [5.74, 6) is 2.12. The third-order valence-corrected chi connectivity index (χ3v) is 4.47. The second-order valence-electron chi connectivity index (χ2n) is 6.19. The van der Waals surface area contributed by atoms with Crippen LogP contribution in [0.2, 0.25) is 0 Å². The highest BCUT2D eigenvalue weighted by Gasteiger charge is 2.24. The third-order valence-electron chi connectivity index (χ3n) is 4.47. The molecule has 4 nitrogen and oxygen atoms in total. The van der Waals surface area contributed by atoms with Gasteiger partial charge >= 0.3 is 0 Å². The molecule has 4 rings (SSSR count). The SMILES string of the molecule is Cc1cccc(C2CCCc3oc(-c4cnccn4)nc3C2)c1. The Bertz CT molecular complexity index is 810. The molecule has 2 aromatic heterocycles. The summed E-state index contributed by atoms with van der Waals surface area (Å²) >= 11 is 0. The molecule has 23 heavy (non-hydrogen) atoms. The van der Waals surface area contributed by atoms with Crippen molar-refractivity contribution >= 4 is 0 Å². The number of nitrogens with zero attached hydrogens (tertiary/aromatic N) is 3. The van der Waals surface area contributed by atoms with Gasteiger partial charge in [-0.05, 0) is 31.2 Å². The van der Waals surface area contributed by atoms with Crippen LogP contribution in [0, 0.1) is 6.92 Å². The fourth-order valence-corrected chi connectivity index (χ4v) is 3.31. The summed E-state index contributed by atoms with van der Waals surface area (Å²) in [5.41, 5.74) is 4.50. The molecule has 0 N–H and O–H groups in total. The Kier molecular flexibility index (Phi) is 3.66. The average molecular weight is 305 g/mol. The highest BCUT2D eigenvalue weighted by atomic mass is 16.4. The number of aromatic nitrogens is 3. The highest BCUT2D eigenvalue weighted by molar-refractivity contribution is 5.46. The van der Waals surface area contributed by atoms with E-state index in [-0.39, 0.29) is 0 Å². The van der Waals surface area contributed by atoms with Crippen LogP contribution in [0.3, 0.4) is 0 Å². The lowest BCUT2D eigenvalue weighted by Crippen LogP contribution is -2.02. The van der Waals surface area contributed by atoms with E-state index < -0.39 is 0 Å². The van der Waals surface area contributed by atoms with Crippen LogP contribution in [-0.4, -0.2) is 15.0 Å². The summed E-state index contributed by atoms with van der Waals surface area (Å²) in [4.78, 5) is 13.1. The molecule has 116 valence electrons. The Hall–Kier alpha value is -2.49. The van der Waals surface area contributed by atoms with E-state index in [1.807, 2.05) is 0 Å². The predicted octanol–water partition coefficient (Wildman–Crippen LogP) is 4.10. The maximum Gasteiger partial charge on any atom is 0.247 e. The Morgan fingerprint density at radius 1 is 1.22 bits per heavy atom. The summed E-state index contributed by atoms with van der Waals surface area (Å²) < 4.78 is 5.97. The zero-order chi connectivity index (χ0) is 15.6. The molecule has 0 fully saturated rings. The van der Waals surface area contributed by atoms with E-state index >= 15 is 0 Å². The van der Waals surface area contributed by atoms with E-state index in [4.69, 9.17) is 9.40 Å². The minimum atomic E-state index is 0.510. The van der Waals surface area contributed by atoms with Crippen LogP contribution in [0.1, 0.15) is 41.3 Å². The largest absolute Gasteiger partial charge is 0.440 e. The molecule has 0 bridgehead atoms. The molecule has 0 aliphatic heterocycles. The first-order valence-corrected chi connectivity index (χ1v) is 8.11. The fourth-order valence-electron chi connectivity index (χ4n) is 3.31. The van der Waals surface area contributed by atoms with E-state index in [2.05, 4.69) is 41.2 Å². The second-order valence-corrected chi connectivity index (χ2v) is 6.19. The minimum Gasteiger partial charge on any atom is -0.440 e. The number of hydrogen-bond donors (Lipinski definition) is 0. The molecule has 0 saturated carbocycles. The smallest absolute Gasteiger partial charge is 0.247 e. The highest BCUT2D eigenvalue weighted by Crippen LogP contribution is 2.33. The Morgan fingerprint density at radius 2 is 2.17 bits per heavy atom. The van der Waals surface area contributed by atoms with E-state index in [1.54, 1.807) is 18.6 Å². The predicted molar refractivity (Wildman–Crippen MR) is 88.1 cm³/mol. The van der Waals surface area contributed by atoms with Gasteiger partial charge in [0.15, 0.2) is 0 Å². The molecule has 1 atom stereocenters. The van der Waals surface area contributed by atoms with Gasteiger partial charge in [-0.2, -0.15) is 0 Å². The van der Waals surface area contributed by atoms with Crippen molar-refractivity contribution in [1.82, 2.24) is 15.0 Å². The molecular formula is C19H19N3O. The molecular weight excluding hydrogens is 286 g/mol. The quantitative estimate of drug-likeness (QED) is 0.669. The van der Waals surface area contributed by atoms with Crippen molar-refractivity contribution in [3.8, 4) is 11.6 Å². The van der Waals surface area contributed by atoms with Crippen molar-refractivity contribution in [1.29, 1.82) is 0 Å². The summed E-state index contributed by atoms with van der Waals surface area (Å²) in [6.07, 6.45) is 9.21. The normalized spacial score (nSPS) is 17.5. The van der Waals surface area contributed by atoms with Crippen molar-refractivity contribution in [2.75, 3.05) is 0 Å². The van der Waals surface area contributed by atoms with Gasteiger partial charge in [-0.3, -0.25) is 4.98 Å². The Labute approximate surface area is 135 Å². The molecule has 0 amide bonds. The standard InChI is InChI=1S/C19H19N3O/c1-13-4-2-5-14(10-13)15-6-3-7-18-16(11-15)22-19(23-18)17-12-20-8-9-21-17/h2,4-5,8-10,12,15H,3,6-7,11H2,1H3. The van der Waals surface area contributed by atoms with Crippen LogP contribution >= 0.6 is 0 Å². The van der Waals surface area contributed by atoms with Gasteiger partial charge < -0.3 is 4.42 Å². The zero-order valence-electron chi connectivity index (χ0n) is 13.2. The summed E-state index contributed by atoms with van der Waals surface area (Å²) in [7, 11) is 0. The van der Waals surface area contributed by atoms with Crippen LogP contribution in [0.15, 0.2) is 47.3 Å². The summed E-state index contributed by atoms with van der Waals surface area (Å²) in [5, 5.41) is 0. The topological polar surface area (TPSA) is 51.8 Å². The monoisotopic (exact) mass is 305 g/mol. The molecule has 3 aromatic rings. The number of hydrogen-bond acceptors (Lipinski definition) is 4. The van der Waals surface area contributed by atoms with E-state index in [1.165, 1.54) is 17.5 Å². The average Bonchev–Trinajstić information content (AvgIpc) is 2.87. The van der Waals surface area contributed by atoms with Gasteiger partial charge in [-0.15, -0.1) is 0 Å². The van der Waals surface area contributed by atoms with Gasteiger partial charge in [0, 0.05) is 25.2 Å². The zero-order valence-corrected chi connectivity index (χ0v) is 13.2. The first-order chi connectivity index (χ1) is 11.3. The minimum absolute atomic E-state index is 0.510. The summed E-state index contributed by atoms with van der Waals surface area (Å²) in [6.45, 7) is 2.15. The lowest BCUT2D eigenvalue weighted by Gasteiger charge is -2.14. The van der Waals surface area contributed by atoms with Gasteiger partial charge in [0.2, 0.25) is 5.89 Å². The lowest BCUT2D eigenvalue weighted by atomic mass is 9.91. The molecule has 1 aliphatic carbocycles. The van der Waals surface area contributed by atoms with Gasteiger partial charge in [0.25, 0.3) is 0 Å². The van der Waals surface area contributed by atoms with Gasteiger partial charge in [0.1, 0.15) is 11.5 Å². The number of benzene rings is 1. The van der Waals surface area contributed by atoms with Gasteiger partial charge in [-0.25, -0.2) is 9.97 Å². The first-order valence-electron chi connectivity index (χ1n) is 8.11. The number of aryl methyl sites for hydroxylation is 2. The van der Waals surface area contributed by atoms with Gasteiger partial charge in [0.05, 0.1) is 11.9 Å². The summed E-state index contributed by atoms with van der Waals surface area (Å²) in [6, 6.07) is 8.81. The van der Waals surface area contributed by atoms with Crippen molar-refractivity contribution in [2.45, 2.75) is 38.5 Å². The lowest BCUT2D eigenvalue weighted by molar-refractivity contribution is 0.504. The van der Waals surface area contributed by atoms with Crippen LogP contribution in [0.5, 0.6) is 0 Å². The van der Waals surface area contributed by atoms with Crippen LogP contribution < -0.4 is 0 Å². The van der Waals surface area contributed by atoms with E-state index in [0.29, 0.717) is 17.5 Å². The molecule has 4 heteroatoms. The third kappa shape index (κ3) is 2.89. The fraction of sp³-hybridized carbons (Fsp3) is 0.316. The van der Waals surface area contributed by atoms with Crippen LogP contribution in [-0.2, 0) is 12.8 Å². The van der Waals surface area contributed by atoms with Crippen molar-refractivity contribution in [3.05, 3.63) is 65.4 Å². The van der Waals surface area contributed by atoms with E-state index in [0.717, 1.165) is 30.7 Å². The molecule has 0 spiro atoms. The first kappa shape index (κ1) is 14.1. The van der Waals surface area contributed by atoms with Crippen molar-refractivity contribution < 1.29 is 4.42 Å². The van der Waals surface area contributed by atoms with E-state index in [9.17, 15) is 0 Å². The number of rotatable bonds is 2. The molecule has 1 unspecified atom stereocenters. The van der Waals surface area contributed by atoms with Crippen LogP contribution in [0.4, 0.5) is 0 Å².